The summed E-state index contributed by atoms with van der Waals surface area (Å²) in [6, 6.07) is 0. The van der Waals surface area contributed by atoms with Crippen molar-refractivity contribution in [2.24, 2.45) is 0 Å². The minimum atomic E-state index is -4.42. The first-order valence-corrected chi connectivity index (χ1v) is 31.9. The van der Waals surface area contributed by atoms with Gasteiger partial charge in [0.25, 0.3) is 0 Å². The van der Waals surface area contributed by atoms with Gasteiger partial charge in [-0.25, -0.2) is 8.42 Å². The predicted molar refractivity (Wildman–Crippen MR) is 300 cm³/mol. The van der Waals surface area contributed by atoms with E-state index in [9.17, 15) is 13.0 Å². The first-order chi connectivity index (χ1) is 32.3. The Bertz CT molecular complexity index is 974. The van der Waals surface area contributed by atoms with Crippen molar-refractivity contribution in [3.05, 3.63) is 0 Å². The Morgan fingerprint density at radius 2 is 0.456 bits per heavy atom. The van der Waals surface area contributed by atoms with Crippen LogP contribution in [0.4, 0.5) is 0 Å². The van der Waals surface area contributed by atoms with Gasteiger partial charge < -0.3 is 25.9 Å². The normalized spacial score (nSPS) is 11.8. The third-order valence-corrected chi connectivity index (χ3v) is 15.0. The second-order valence-corrected chi connectivity index (χ2v) is 23.4. The van der Waals surface area contributed by atoms with Crippen LogP contribution in [0.5, 0.6) is 0 Å². The van der Waals surface area contributed by atoms with Gasteiger partial charge >= 0.3 is 0 Å². The minimum absolute atomic E-state index is 0. The topological polar surface area (TPSA) is 66.4 Å². The van der Waals surface area contributed by atoms with E-state index in [1.807, 2.05) is 0 Å². The second-order valence-electron chi connectivity index (χ2n) is 22.4. The first-order valence-electron chi connectivity index (χ1n) is 30.5. The zero-order valence-corrected chi connectivity index (χ0v) is 49.9. The van der Waals surface area contributed by atoms with E-state index in [4.69, 9.17) is 0 Å². The van der Waals surface area contributed by atoms with Gasteiger partial charge in [-0.05, 0) is 52.4 Å². The Balaban J connectivity index is -0.000000587. The van der Waals surface area contributed by atoms with E-state index in [0.29, 0.717) is 0 Å². The van der Waals surface area contributed by atoms with Crippen molar-refractivity contribution in [1.82, 2.24) is 0 Å². The van der Waals surface area contributed by atoms with Crippen LogP contribution in [0.1, 0.15) is 330 Å². The van der Waals surface area contributed by atoms with Crippen LogP contribution in [-0.2, 0) is 14.6 Å². The standard InChI is InChI=1S/C38H80N.C20H44N.C2H6O4S.ClH/c1-5-7-9-11-13-15-17-19-21-23-25-27-29-31-33-35-37-39(3,4)38-36-34-32-30-28-26-24-22-20-18-16-14-12-10-8-6-2;1-5-7-8-9-10-11-12-13-14-15-16-17-18-19-20-21(3,4)6-2;1-2-6-7(3,4)5;/h5-38H2,1-4H3;5-20H2,1-4H3;2H2,1H3,(H,3,4,5);1H/q2*+1;;/p-2. The Hall–Kier alpha value is 0.0800. The largest absolute Gasteiger partial charge is 1.00 e. The Morgan fingerprint density at radius 3 is 0.588 bits per heavy atom. The van der Waals surface area contributed by atoms with E-state index in [-0.39, 0.29) is 19.0 Å². The summed E-state index contributed by atoms with van der Waals surface area (Å²) in [5.41, 5.74) is 0. The molecule has 0 spiro atoms. The van der Waals surface area contributed by atoms with Crippen LogP contribution in [0, 0.1) is 0 Å². The molecule has 0 bridgehead atoms. The lowest BCUT2D eigenvalue weighted by Crippen LogP contribution is -3.00. The van der Waals surface area contributed by atoms with Crippen molar-refractivity contribution in [3.63, 3.8) is 0 Å². The van der Waals surface area contributed by atoms with Gasteiger partial charge in [0.1, 0.15) is 0 Å². The summed E-state index contributed by atoms with van der Waals surface area (Å²) in [5.74, 6) is 0. The third kappa shape index (κ3) is 72.6. The number of hydrogen-bond acceptors (Lipinski definition) is 4. The molecule has 6 nitrogen and oxygen atoms in total. The van der Waals surface area contributed by atoms with Gasteiger partial charge in [-0.15, -0.1) is 0 Å². The van der Waals surface area contributed by atoms with Crippen molar-refractivity contribution >= 4 is 10.4 Å². The molecule has 0 heterocycles. The average molecular weight is 1010 g/mol. The number of halogens is 1. The number of nitrogens with zero attached hydrogens (tertiary/aromatic N) is 2. The SMILES string of the molecule is CCCCCCCCCCCCCCCCCC[N+](C)(C)CCCCCCCCCCCCCCCCCC.CCCCCCCCCCCCCCCC[N+](C)(C)CC.CCOS(=O)(=O)[O-].[Cl-]. The number of unbranched alkanes of at least 4 members (excludes halogenated alkanes) is 43. The molecule has 0 radical (unpaired) electrons. The second kappa shape index (κ2) is 59.6. The molecule has 0 aliphatic rings. The molecule has 68 heavy (non-hydrogen) atoms. The van der Waals surface area contributed by atoms with Gasteiger partial charge in [0.05, 0.1) is 61.0 Å². The van der Waals surface area contributed by atoms with Gasteiger partial charge in [-0.2, -0.15) is 0 Å². The quantitative estimate of drug-likeness (QED) is 0.0264. The fourth-order valence-corrected chi connectivity index (χ4v) is 9.61. The maximum absolute atomic E-state index is 9.45. The molecule has 0 N–H and O–H groups in total. The molecule has 0 fully saturated rings. The summed E-state index contributed by atoms with van der Waals surface area (Å²) >= 11 is 0. The van der Waals surface area contributed by atoms with Crippen LogP contribution in [0.25, 0.3) is 0 Å². The molecule has 0 aliphatic heterocycles. The van der Waals surface area contributed by atoms with Gasteiger partial charge in [-0.3, -0.25) is 4.18 Å². The third-order valence-electron chi connectivity index (χ3n) is 14.5. The molecule has 0 rings (SSSR count). The lowest BCUT2D eigenvalue weighted by atomic mass is 10.0. The average Bonchev–Trinajstić information content (AvgIpc) is 3.29. The summed E-state index contributed by atoms with van der Waals surface area (Å²) in [7, 11) is 5.21. The molecule has 0 aliphatic carbocycles. The zero-order valence-electron chi connectivity index (χ0n) is 48.4. The van der Waals surface area contributed by atoms with Crippen LogP contribution in [-0.4, -0.2) is 82.9 Å². The van der Waals surface area contributed by atoms with Crippen LogP contribution in [0.2, 0.25) is 0 Å². The monoisotopic (exact) mass is 1010 g/mol. The molecular formula is C60H129ClN2O4S. The highest BCUT2D eigenvalue weighted by Gasteiger charge is 2.14. The summed E-state index contributed by atoms with van der Waals surface area (Å²) < 4.78 is 34.4. The van der Waals surface area contributed by atoms with Gasteiger partial charge in [0, 0.05) is 0 Å². The summed E-state index contributed by atoms with van der Waals surface area (Å²) in [4.78, 5) is 0. The minimum Gasteiger partial charge on any atom is -1.00 e. The molecule has 0 aromatic carbocycles. The Morgan fingerprint density at radius 1 is 0.294 bits per heavy atom. The van der Waals surface area contributed by atoms with Crippen molar-refractivity contribution in [2.45, 2.75) is 330 Å². The van der Waals surface area contributed by atoms with E-state index >= 15 is 0 Å². The van der Waals surface area contributed by atoms with Crippen molar-refractivity contribution in [3.8, 4) is 0 Å². The van der Waals surface area contributed by atoms with Crippen LogP contribution in [0.3, 0.4) is 0 Å². The molecule has 0 unspecified atom stereocenters. The molecule has 416 valence electrons. The van der Waals surface area contributed by atoms with Crippen molar-refractivity contribution in [2.75, 3.05) is 61.0 Å². The van der Waals surface area contributed by atoms with E-state index in [0.717, 1.165) is 0 Å². The molecule has 0 saturated carbocycles. The smallest absolute Gasteiger partial charge is 0.217 e. The molecule has 0 amide bonds. The van der Waals surface area contributed by atoms with E-state index in [1.165, 1.54) is 337 Å². The fourth-order valence-electron chi connectivity index (χ4n) is 9.32. The van der Waals surface area contributed by atoms with E-state index in [1.54, 1.807) is 0 Å². The lowest BCUT2D eigenvalue weighted by Gasteiger charge is -2.30. The molecular weight excluding hydrogens is 880 g/mol. The van der Waals surface area contributed by atoms with Crippen LogP contribution in [0.15, 0.2) is 0 Å². The first kappa shape index (κ1) is 74.6. The van der Waals surface area contributed by atoms with Gasteiger partial charge in [0.15, 0.2) is 0 Å². The van der Waals surface area contributed by atoms with E-state index < -0.39 is 10.4 Å². The highest BCUT2D eigenvalue weighted by Crippen LogP contribution is 2.18. The number of hydrogen-bond donors (Lipinski definition) is 0. The highest BCUT2D eigenvalue weighted by molar-refractivity contribution is 7.80. The summed E-state index contributed by atoms with van der Waals surface area (Å²) in [6.07, 6.45) is 67.3. The molecule has 0 aromatic heterocycles. The van der Waals surface area contributed by atoms with Gasteiger partial charge in [0.2, 0.25) is 10.4 Å². The maximum atomic E-state index is 9.45. The molecule has 0 aromatic rings. The fraction of sp³-hybridized carbons (Fsp3) is 1.00. The predicted octanol–water partition coefficient (Wildman–Crippen LogP) is 16.6. The van der Waals surface area contributed by atoms with Crippen molar-refractivity contribution in [1.29, 1.82) is 0 Å². The van der Waals surface area contributed by atoms with Crippen LogP contribution < -0.4 is 12.4 Å². The van der Waals surface area contributed by atoms with Crippen LogP contribution >= 0.6 is 0 Å². The van der Waals surface area contributed by atoms with Crippen molar-refractivity contribution < 1.29 is 38.5 Å². The Labute approximate surface area is 437 Å². The molecule has 0 atom stereocenters. The molecule has 8 heteroatoms. The highest BCUT2D eigenvalue weighted by atomic mass is 35.5. The summed E-state index contributed by atoms with van der Waals surface area (Å²) in [6.45, 7) is 15.9. The number of rotatable bonds is 52. The molecule has 0 saturated heterocycles. The maximum Gasteiger partial charge on any atom is 0.217 e. The van der Waals surface area contributed by atoms with E-state index in [2.05, 4.69) is 60.1 Å². The summed E-state index contributed by atoms with van der Waals surface area (Å²) in [5, 5.41) is 0. The zero-order chi connectivity index (χ0) is 50.3. The lowest BCUT2D eigenvalue weighted by molar-refractivity contribution is -0.890. The Kier molecular flexibility index (Phi) is 65.4. The van der Waals surface area contributed by atoms with Gasteiger partial charge in [-0.1, -0.05) is 278 Å². The number of quaternary nitrogens is 2.